The minimum atomic E-state index is -3.68. The van der Waals surface area contributed by atoms with Crippen molar-refractivity contribution in [3.8, 4) is 0 Å². The van der Waals surface area contributed by atoms with E-state index >= 15 is 0 Å². The largest absolute Gasteiger partial charge is 0.468 e. The van der Waals surface area contributed by atoms with Crippen LogP contribution in [-0.4, -0.2) is 14.3 Å². The summed E-state index contributed by atoms with van der Waals surface area (Å²) in [7, 11) is -3.68. The summed E-state index contributed by atoms with van der Waals surface area (Å²) in [4.78, 5) is 12.0. The Bertz CT molecular complexity index is 1080. The Hall–Kier alpha value is -3.23. The van der Waals surface area contributed by atoms with Gasteiger partial charge in [-0.1, -0.05) is 18.2 Å². The molecular weight excluding hydrogens is 383 g/mol. The topological polar surface area (TPSA) is 88.4 Å². The Labute approximate surface area is 161 Å². The standard InChI is InChI=1S/C20H17FN2O4S/c21-16-3-1-4-17(13-16)23-20(24)11-8-15-6-9-19(10-7-15)28(25,26)22-14-18-5-2-12-27-18/h1-13,22H,14H2,(H,23,24)/b11-8+. The van der Waals surface area contributed by atoms with E-state index in [2.05, 4.69) is 10.0 Å². The number of benzene rings is 2. The highest BCUT2D eigenvalue weighted by Crippen LogP contribution is 2.13. The third-order valence-corrected chi connectivity index (χ3v) is 5.14. The van der Waals surface area contributed by atoms with Crippen LogP contribution in [0.5, 0.6) is 0 Å². The molecule has 0 aliphatic rings. The lowest BCUT2D eigenvalue weighted by atomic mass is 10.2. The molecule has 1 amide bonds. The predicted octanol–water partition coefficient (Wildman–Crippen LogP) is 3.55. The maximum Gasteiger partial charge on any atom is 0.248 e. The third kappa shape index (κ3) is 5.38. The fraction of sp³-hybridized carbons (Fsp3) is 0.0500. The maximum absolute atomic E-state index is 13.1. The highest BCUT2D eigenvalue weighted by Gasteiger charge is 2.13. The summed E-state index contributed by atoms with van der Waals surface area (Å²) in [5.74, 6) is -0.367. The van der Waals surface area contributed by atoms with Crippen molar-refractivity contribution < 1.29 is 22.0 Å². The Morgan fingerprint density at radius 2 is 1.86 bits per heavy atom. The lowest BCUT2D eigenvalue weighted by Gasteiger charge is -2.06. The van der Waals surface area contributed by atoms with Gasteiger partial charge < -0.3 is 9.73 Å². The van der Waals surface area contributed by atoms with Gasteiger partial charge in [0, 0.05) is 11.8 Å². The first-order chi connectivity index (χ1) is 13.4. The van der Waals surface area contributed by atoms with Gasteiger partial charge in [0.05, 0.1) is 17.7 Å². The summed E-state index contributed by atoms with van der Waals surface area (Å²) in [6, 6.07) is 14.9. The number of carbonyl (C=O) groups excluding carboxylic acids is 1. The van der Waals surface area contributed by atoms with E-state index in [0.29, 0.717) is 17.0 Å². The maximum atomic E-state index is 13.1. The average molecular weight is 400 g/mol. The molecule has 3 aromatic rings. The molecule has 8 heteroatoms. The second kappa shape index (κ2) is 8.64. The Kier molecular flexibility index (Phi) is 6.03. The van der Waals surface area contributed by atoms with Crippen molar-refractivity contribution in [1.82, 2.24) is 4.72 Å². The number of halogens is 1. The van der Waals surface area contributed by atoms with Gasteiger partial charge in [0.15, 0.2) is 0 Å². The first kappa shape index (κ1) is 19.5. The first-order valence-corrected chi connectivity index (χ1v) is 9.77. The van der Waals surface area contributed by atoms with E-state index in [9.17, 15) is 17.6 Å². The number of amides is 1. The van der Waals surface area contributed by atoms with Gasteiger partial charge in [0.25, 0.3) is 0 Å². The molecule has 2 aromatic carbocycles. The van der Waals surface area contributed by atoms with Crippen LogP contribution in [-0.2, 0) is 21.4 Å². The highest BCUT2D eigenvalue weighted by molar-refractivity contribution is 7.89. The number of sulfonamides is 1. The lowest BCUT2D eigenvalue weighted by Crippen LogP contribution is -2.22. The molecule has 0 radical (unpaired) electrons. The van der Waals surface area contributed by atoms with E-state index in [0.717, 1.165) is 0 Å². The van der Waals surface area contributed by atoms with E-state index in [1.165, 1.54) is 48.7 Å². The van der Waals surface area contributed by atoms with Crippen LogP contribution in [0.2, 0.25) is 0 Å². The van der Waals surface area contributed by atoms with E-state index in [1.54, 1.807) is 30.3 Å². The van der Waals surface area contributed by atoms with E-state index in [4.69, 9.17) is 4.42 Å². The van der Waals surface area contributed by atoms with Crippen molar-refractivity contribution >= 4 is 27.7 Å². The van der Waals surface area contributed by atoms with Crippen LogP contribution in [0.25, 0.3) is 6.08 Å². The number of hydrogen-bond acceptors (Lipinski definition) is 4. The fourth-order valence-corrected chi connectivity index (χ4v) is 3.34. The van der Waals surface area contributed by atoms with Gasteiger partial charge >= 0.3 is 0 Å². The molecular formula is C20H17FN2O4S. The van der Waals surface area contributed by atoms with Crippen LogP contribution in [0, 0.1) is 5.82 Å². The molecule has 0 saturated carbocycles. The molecule has 144 valence electrons. The van der Waals surface area contributed by atoms with Crippen molar-refractivity contribution in [2.45, 2.75) is 11.4 Å². The Balaban J connectivity index is 1.60. The minimum Gasteiger partial charge on any atom is -0.468 e. The molecule has 2 N–H and O–H groups in total. The molecule has 0 aliphatic heterocycles. The SMILES string of the molecule is O=C(/C=C/c1ccc(S(=O)(=O)NCc2ccco2)cc1)Nc1cccc(F)c1. The zero-order chi connectivity index (χ0) is 20.0. The van der Waals surface area contributed by atoms with Gasteiger partial charge in [0.1, 0.15) is 11.6 Å². The number of furan rings is 1. The molecule has 6 nitrogen and oxygen atoms in total. The van der Waals surface area contributed by atoms with Crippen molar-refractivity contribution in [3.63, 3.8) is 0 Å². The van der Waals surface area contributed by atoms with Crippen molar-refractivity contribution in [3.05, 3.63) is 90.1 Å². The van der Waals surface area contributed by atoms with Crippen LogP contribution < -0.4 is 10.0 Å². The summed E-state index contributed by atoms with van der Waals surface area (Å²) >= 11 is 0. The molecule has 0 saturated heterocycles. The van der Waals surface area contributed by atoms with Crippen LogP contribution in [0.3, 0.4) is 0 Å². The molecule has 28 heavy (non-hydrogen) atoms. The monoisotopic (exact) mass is 400 g/mol. The molecule has 1 aromatic heterocycles. The van der Waals surface area contributed by atoms with Crippen LogP contribution >= 0.6 is 0 Å². The molecule has 0 fully saturated rings. The van der Waals surface area contributed by atoms with Crippen molar-refractivity contribution in [2.75, 3.05) is 5.32 Å². The summed E-state index contributed by atoms with van der Waals surface area (Å²) in [5.41, 5.74) is 0.984. The number of carbonyl (C=O) groups is 1. The lowest BCUT2D eigenvalue weighted by molar-refractivity contribution is -0.111. The Morgan fingerprint density at radius 1 is 1.07 bits per heavy atom. The zero-order valence-electron chi connectivity index (χ0n) is 14.6. The molecule has 0 bridgehead atoms. The van der Waals surface area contributed by atoms with E-state index in [-0.39, 0.29) is 11.4 Å². The van der Waals surface area contributed by atoms with Crippen LogP contribution in [0.1, 0.15) is 11.3 Å². The number of nitrogens with one attached hydrogen (secondary N) is 2. The highest BCUT2D eigenvalue weighted by atomic mass is 32.2. The van der Waals surface area contributed by atoms with Gasteiger partial charge in [-0.2, -0.15) is 0 Å². The summed E-state index contributed by atoms with van der Waals surface area (Å²) in [6.45, 7) is 0.0528. The van der Waals surface area contributed by atoms with Crippen molar-refractivity contribution in [1.29, 1.82) is 0 Å². The molecule has 0 atom stereocenters. The van der Waals surface area contributed by atoms with E-state index in [1.807, 2.05) is 0 Å². The van der Waals surface area contributed by atoms with Crippen molar-refractivity contribution in [2.24, 2.45) is 0 Å². The van der Waals surface area contributed by atoms with Crippen LogP contribution in [0.15, 0.2) is 82.3 Å². The minimum absolute atomic E-state index is 0.0528. The fourth-order valence-electron chi connectivity index (χ4n) is 2.34. The molecule has 3 rings (SSSR count). The second-order valence-corrected chi connectivity index (χ2v) is 7.57. The smallest absolute Gasteiger partial charge is 0.248 e. The van der Waals surface area contributed by atoms with Gasteiger partial charge in [-0.15, -0.1) is 0 Å². The summed E-state index contributed by atoms with van der Waals surface area (Å²) in [5, 5.41) is 2.54. The predicted molar refractivity (Wildman–Crippen MR) is 103 cm³/mol. The zero-order valence-corrected chi connectivity index (χ0v) is 15.4. The average Bonchev–Trinajstić information content (AvgIpc) is 3.19. The van der Waals surface area contributed by atoms with Gasteiger partial charge in [-0.3, -0.25) is 4.79 Å². The quantitative estimate of drug-likeness (QED) is 0.594. The summed E-state index contributed by atoms with van der Waals surface area (Å²) < 4.78 is 45.2. The molecule has 0 unspecified atom stereocenters. The van der Waals surface area contributed by atoms with Crippen LogP contribution in [0.4, 0.5) is 10.1 Å². The summed E-state index contributed by atoms with van der Waals surface area (Å²) in [6.07, 6.45) is 4.28. The van der Waals surface area contributed by atoms with E-state index < -0.39 is 21.7 Å². The normalized spacial score (nSPS) is 11.6. The molecule has 0 spiro atoms. The number of rotatable bonds is 7. The molecule has 0 aliphatic carbocycles. The number of hydrogen-bond donors (Lipinski definition) is 2. The van der Waals surface area contributed by atoms with Gasteiger partial charge in [0.2, 0.25) is 15.9 Å². The molecule has 1 heterocycles. The van der Waals surface area contributed by atoms with Gasteiger partial charge in [-0.25, -0.2) is 17.5 Å². The first-order valence-electron chi connectivity index (χ1n) is 8.29. The second-order valence-electron chi connectivity index (χ2n) is 5.81. The van der Waals surface area contributed by atoms with Gasteiger partial charge in [-0.05, 0) is 54.1 Å². The Morgan fingerprint density at radius 3 is 2.54 bits per heavy atom. The number of anilines is 1. The third-order valence-electron chi connectivity index (χ3n) is 3.73.